The molecule has 0 unspecified atom stereocenters. The van der Waals surface area contributed by atoms with Crippen molar-refractivity contribution < 1.29 is 9.18 Å². The zero-order valence-corrected chi connectivity index (χ0v) is 11.7. The zero-order valence-electron chi connectivity index (χ0n) is 10.9. The second-order valence-corrected chi connectivity index (χ2v) is 5.45. The molecule has 0 bridgehead atoms. The average Bonchev–Trinajstić information content (AvgIpc) is 2.90. The van der Waals surface area contributed by atoms with Crippen LogP contribution >= 0.6 is 11.6 Å². The Balaban J connectivity index is 2.23. The van der Waals surface area contributed by atoms with E-state index in [-0.39, 0.29) is 11.7 Å². The Labute approximate surface area is 118 Å². The molecular formula is C15H19ClFNO. The van der Waals surface area contributed by atoms with E-state index in [0.717, 1.165) is 32.1 Å². The van der Waals surface area contributed by atoms with Crippen molar-refractivity contribution in [1.29, 1.82) is 0 Å². The molecule has 1 aliphatic rings. The fraction of sp³-hybridized carbons (Fsp3) is 0.533. The summed E-state index contributed by atoms with van der Waals surface area (Å²) in [5.41, 5.74) is -0.145. The van der Waals surface area contributed by atoms with E-state index in [4.69, 9.17) is 11.6 Å². The van der Waals surface area contributed by atoms with Crippen molar-refractivity contribution in [1.82, 2.24) is 5.32 Å². The summed E-state index contributed by atoms with van der Waals surface area (Å²) in [5, 5.41) is 2.90. The molecule has 2 rings (SSSR count). The minimum Gasteiger partial charge on any atom is -0.355 e. The van der Waals surface area contributed by atoms with Gasteiger partial charge in [0.2, 0.25) is 5.91 Å². The fourth-order valence-corrected chi connectivity index (χ4v) is 3.02. The van der Waals surface area contributed by atoms with Crippen molar-refractivity contribution in [2.24, 2.45) is 0 Å². The molecule has 0 atom stereocenters. The average molecular weight is 284 g/mol. The summed E-state index contributed by atoms with van der Waals surface area (Å²) in [7, 11) is 0. The van der Waals surface area contributed by atoms with E-state index in [1.54, 1.807) is 18.2 Å². The van der Waals surface area contributed by atoms with Gasteiger partial charge >= 0.3 is 0 Å². The number of benzene rings is 1. The van der Waals surface area contributed by atoms with Gasteiger partial charge in [-0.3, -0.25) is 4.79 Å². The van der Waals surface area contributed by atoms with Crippen LogP contribution in [0.2, 0.25) is 0 Å². The molecule has 1 N–H and O–H groups in total. The van der Waals surface area contributed by atoms with Crippen LogP contribution in [0, 0.1) is 5.82 Å². The SMILES string of the molecule is O=C(NCCCCl)C1(c2ccccc2F)CCCC1. The first-order chi connectivity index (χ1) is 9.20. The molecule has 0 heterocycles. The Morgan fingerprint density at radius 3 is 2.63 bits per heavy atom. The van der Waals surface area contributed by atoms with Gasteiger partial charge in [0.1, 0.15) is 5.82 Å². The Morgan fingerprint density at radius 1 is 1.32 bits per heavy atom. The fourth-order valence-electron chi connectivity index (χ4n) is 2.88. The van der Waals surface area contributed by atoms with Crippen molar-refractivity contribution in [3.8, 4) is 0 Å². The number of rotatable bonds is 5. The first kappa shape index (κ1) is 14.3. The lowest BCUT2D eigenvalue weighted by Crippen LogP contribution is -2.43. The van der Waals surface area contributed by atoms with Gasteiger partial charge in [-0.2, -0.15) is 0 Å². The van der Waals surface area contributed by atoms with Gasteiger partial charge in [0.15, 0.2) is 0 Å². The third kappa shape index (κ3) is 2.92. The molecule has 1 fully saturated rings. The predicted molar refractivity (Wildman–Crippen MR) is 74.9 cm³/mol. The van der Waals surface area contributed by atoms with E-state index in [2.05, 4.69) is 5.32 Å². The highest BCUT2D eigenvalue weighted by Crippen LogP contribution is 2.42. The van der Waals surface area contributed by atoms with Gasteiger partial charge in [0, 0.05) is 18.0 Å². The summed E-state index contributed by atoms with van der Waals surface area (Å²) < 4.78 is 14.0. The lowest BCUT2D eigenvalue weighted by atomic mass is 9.77. The number of halogens is 2. The molecule has 19 heavy (non-hydrogen) atoms. The number of carbonyl (C=O) groups excluding carboxylic acids is 1. The van der Waals surface area contributed by atoms with Crippen molar-refractivity contribution in [2.75, 3.05) is 12.4 Å². The van der Waals surface area contributed by atoms with E-state index in [0.29, 0.717) is 18.0 Å². The van der Waals surface area contributed by atoms with E-state index in [1.165, 1.54) is 6.07 Å². The molecule has 1 amide bonds. The second kappa shape index (κ2) is 6.38. The minimum absolute atomic E-state index is 0.0554. The van der Waals surface area contributed by atoms with E-state index in [1.807, 2.05) is 0 Å². The topological polar surface area (TPSA) is 29.1 Å². The highest BCUT2D eigenvalue weighted by Gasteiger charge is 2.43. The highest BCUT2D eigenvalue weighted by molar-refractivity contribution is 6.17. The standard InChI is InChI=1S/C15H19ClFNO/c16-10-5-11-18-14(19)15(8-3-4-9-15)12-6-1-2-7-13(12)17/h1-2,6-7H,3-5,8-11H2,(H,18,19). The molecule has 0 spiro atoms. The number of amides is 1. The first-order valence-corrected chi connectivity index (χ1v) is 7.33. The maximum Gasteiger partial charge on any atom is 0.230 e. The van der Waals surface area contributed by atoms with E-state index in [9.17, 15) is 9.18 Å². The highest BCUT2D eigenvalue weighted by atomic mass is 35.5. The molecule has 2 nitrogen and oxygen atoms in total. The van der Waals surface area contributed by atoms with Gasteiger partial charge in [-0.1, -0.05) is 31.0 Å². The lowest BCUT2D eigenvalue weighted by Gasteiger charge is -2.28. The minimum atomic E-state index is -0.683. The van der Waals surface area contributed by atoms with Gasteiger partial charge in [0.05, 0.1) is 5.41 Å². The van der Waals surface area contributed by atoms with Crippen molar-refractivity contribution in [3.63, 3.8) is 0 Å². The summed E-state index contributed by atoms with van der Waals surface area (Å²) in [6.45, 7) is 0.554. The molecule has 1 aliphatic carbocycles. The zero-order chi connectivity index (χ0) is 13.7. The van der Waals surface area contributed by atoms with Crippen LogP contribution in [0.15, 0.2) is 24.3 Å². The quantitative estimate of drug-likeness (QED) is 0.651. The number of alkyl halides is 1. The molecule has 1 saturated carbocycles. The van der Waals surface area contributed by atoms with Crippen LogP contribution in [0.3, 0.4) is 0 Å². The molecule has 104 valence electrons. The summed E-state index contributed by atoms with van der Waals surface area (Å²) >= 11 is 5.61. The molecular weight excluding hydrogens is 265 g/mol. The second-order valence-electron chi connectivity index (χ2n) is 5.07. The summed E-state index contributed by atoms with van der Waals surface area (Å²) in [4.78, 5) is 12.5. The molecule has 4 heteroatoms. The normalized spacial score (nSPS) is 17.4. The number of nitrogens with one attached hydrogen (secondary N) is 1. The lowest BCUT2D eigenvalue weighted by molar-refractivity contribution is -0.126. The molecule has 0 radical (unpaired) electrons. The van der Waals surface area contributed by atoms with Crippen LogP contribution in [0.4, 0.5) is 4.39 Å². The maximum atomic E-state index is 14.0. The molecule has 0 saturated heterocycles. The van der Waals surface area contributed by atoms with Gasteiger partial charge in [-0.05, 0) is 25.3 Å². The largest absolute Gasteiger partial charge is 0.355 e. The van der Waals surface area contributed by atoms with Crippen LogP contribution in [-0.4, -0.2) is 18.3 Å². The molecule has 1 aromatic rings. The third-order valence-electron chi connectivity index (χ3n) is 3.88. The number of hydrogen-bond donors (Lipinski definition) is 1. The maximum absolute atomic E-state index is 14.0. The van der Waals surface area contributed by atoms with Crippen molar-refractivity contribution in [2.45, 2.75) is 37.5 Å². The third-order valence-corrected chi connectivity index (χ3v) is 4.14. The summed E-state index contributed by atoms with van der Waals surface area (Å²) in [6, 6.07) is 6.63. The van der Waals surface area contributed by atoms with Crippen molar-refractivity contribution in [3.05, 3.63) is 35.6 Å². The van der Waals surface area contributed by atoms with Gasteiger partial charge in [0.25, 0.3) is 0 Å². The molecule has 0 aromatic heterocycles. The Bertz CT molecular complexity index is 444. The Kier molecular flexibility index (Phi) is 4.81. The van der Waals surface area contributed by atoms with Crippen LogP contribution in [0.5, 0.6) is 0 Å². The molecule has 1 aromatic carbocycles. The number of carbonyl (C=O) groups is 1. The first-order valence-electron chi connectivity index (χ1n) is 6.80. The smallest absolute Gasteiger partial charge is 0.230 e. The van der Waals surface area contributed by atoms with E-state index < -0.39 is 5.41 Å². The van der Waals surface area contributed by atoms with Crippen LogP contribution in [-0.2, 0) is 10.2 Å². The predicted octanol–water partition coefficient (Wildman–Crippen LogP) is 3.38. The monoisotopic (exact) mass is 283 g/mol. The number of hydrogen-bond acceptors (Lipinski definition) is 1. The summed E-state index contributed by atoms with van der Waals surface area (Å²) in [6.07, 6.45) is 4.12. The van der Waals surface area contributed by atoms with Gasteiger partial charge in [-0.25, -0.2) is 4.39 Å². The van der Waals surface area contributed by atoms with E-state index >= 15 is 0 Å². The van der Waals surface area contributed by atoms with Crippen LogP contribution < -0.4 is 5.32 Å². The Morgan fingerprint density at radius 2 is 2.00 bits per heavy atom. The van der Waals surface area contributed by atoms with Gasteiger partial charge in [-0.15, -0.1) is 11.6 Å². The Hall–Kier alpha value is -1.09. The van der Waals surface area contributed by atoms with Crippen molar-refractivity contribution >= 4 is 17.5 Å². The van der Waals surface area contributed by atoms with Gasteiger partial charge < -0.3 is 5.32 Å². The molecule has 0 aliphatic heterocycles. The van der Waals surface area contributed by atoms with Crippen LogP contribution in [0.1, 0.15) is 37.7 Å². The van der Waals surface area contributed by atoms with Crippen LogP contribution in [0.25, 0.3) is 0 Å². The summed E-state index contributed by atoms with van der Waals surface area (Å²) in [5.74, 6) is 0.185.